The molecule has 152 valence electrons. The minimum Gasteiger partial charge on any atom is -0.545 e. The van der Waals surface area contributed by atoms with Crippen molar-refractivity contribution >= 4 is 18.1 Å². The molecule has 3 aromatic carbocycles. The van der Waals surface area contributed by atoms with Crippen molar-refractivity contribution in [3.8, 4) is 5.75 Å². The van der Waals surface area contributed by atoms with Gasteiger partial charge in [-0.05, 0) is 48.6 Å². The van der Waals surface area contributed by atoms with Crippen LogP contribution in [0.1, 0.15) is 40.8 Å². The maximum Gasteiger partial charge on any atom is 1.00 e. The molecule has 1 atom stereocenters. The number of carboxylic acids is 1. The summed E-state index contributed by atoms with van der Waals surface area (Å²) in [5, 5.41) is 10.7. The summed E-state index contributed by atoms with van der Waals surface area (Å²) in [4.78, 5) is 10.7. The van der Waals surface area contributed by atoms with E-state index in [0.717, 1.165) is 39.6 Å². The van der Waals surface area contributed by atoms with Gasteiger partial charge >= 0.3 is 29.6 Å². The van der Waals surface area contributed by atoms with Crippen LogP contribution in [-0.4, -0.2) is 5.97 Å². The number of rotatable bonds is 8. The minimum atomic E-state index is -1.20. The Balaban J connectivity index is 0.00000341. The van der Waals surface area contributed by atoms with E-state index in [2.05, 4.69) is 31.2 Å². The van der Waals surface area contributed by atoms with E-state index >= 15 is 0 Å². The Morgan fingerprint density at radius 2 is 1.61 bits per heavy atom. The SMILES string of the molecule is Cc1cccc(/C=C/Cc2ccccc2/C=C/C(=O)[O-])c1OC(C)c1ccccc1.[Na+]. The fourth-order valence-corrected chi connectivity index (χ4v) is 3.29. The summed E-state index contributed by atoms with van der Waals surface area (Å²) >= 11 is 0. The van der Waals surface area contributed by atoms with Crippen molar-refractivity contribution in [1.29, 1.82) is 0 Å². The van der Waals surface area contributed by atoms with Gasteiger partial charge in [0, 0.05) is 5.56 Å². The topological polar surface area (TPSA) is 49.4 Å². The van der Waals surface area contributed by atoms with Gasteiger partial charge in [-0.15, -0.1) is 0 Å². The number of aryl methyl sites for hydroxylation is 1. The third-order valence-electron chi connectivity index (χ3n) is 4.90. The number of allylic oxidation sites excluding steroid dienone is 1. The Morgan fingerprint density at radius 3 is 2.35 bits per heavy atom. The van der Waals surface area contributed by atoms with Crippen LogP contribution in [0.4, 0.5) is 0 Å². The number of carbonyl (C=O) groups is 1. The second-order valence-electron chi connectivity index (χ2n) is 7.12. The number of aliphatic carboxylic acids is 1. The molecule has 3 rings (SSSR count). The molecule has 3 nitrogen and oxygen atoms in total. The number of hydrogen-bond donors (Lipinski definition) is 0. The molecule has 0 amide bonds. The van der Waals surface area contributed by atoms with Crippen LogP contribution >= 0.6 is 0 Å². The molecular formula is C27H25NaO3. The molecular weight excluding hydrogens is 395 g/mol. The summed E-state index contributed by atoms with van der Waals surface area (Å²) in [5.74, 6) is -0.329. The smallest absolute Gasteiger partial charge is 0.545 e. The van der Waals surface area contributed by atoms with E-state index in [9.17, 15) is 9.90 Å². The van der Waals surface area contributed by atoms with Crippen LogP contribution in [0.2, 0.25) is 0 Å². The first-order valence-corrected chi connectivity index (χ1v) is 9.99. The van der Waals surface area contributed by atoms with Crippen LogP contribution < -0.4 is 39.4 Å². The maximum atomic E-state index is 10.7. The Kier molecular flexibility index (Phi) is 9.80. The molecule has 0 heterocycles. The van der Waals surface area contributed by atoms with Gasteiger partial charge in [-0.1, -0.05) is 91.0 Å². The van der Waals surface area contributed by atoms with Gasteiger partial charge in [0.25, 0.3) is 0 Å². The van der Waals surface area contributed by atoms with Gasteiger partial charge in [0.15, 0.2) is 0 Å². The first kappa shape index (κ1) is 24.7. The fraction of sp³-hybridized carbons (Fsp3) is 0.148. The first-order chi connectivity index (χ1) is 14.5. The van der Waals surface area contributed by atoms with Crippen LogP contribution in [0.5, 0.6) is 5.75 Å². The Bertz CT molecular complexity index is 1060. The van der Waals surface area contributed by atoms with Gasteiger partial charge in [0.05, 0.1) is 5.97 Å². The second kappa shape index (κ2) is 12.3. The molecule has 0 aliphatic carbocycles. The van der Waals surface area contributed by atoms with E-state index in [1.54, 1.807) is 6.08 Å². The standard InChI is InChI=1S/C27H26O3.Na/c1-20-10-8-16-25(27(20)30-21(2)22-11-4-3-5-12-22)17-9-15-23-13-6-7-14-24(23)18-19-26(28)29;/h3-14,16-19,21H,15H2,1-2H3,(H,28,29);/q;+1/p-1/b17-9+,19-18+;. The van der Waals surface area contributed by atoms with Gasteiger partial charge in [-0.25, -0.2) is 0 Å². The molecule has 3 aromatic rings. The monoisotopic (exact) mass is 420 g/mol. The number of para-hydroxylation sites is 1. The number of ether oxygens (including phenoxy) is 1. The molecule has 0 N–H and O–H groups in total. The molecule has 0 saturated carbocycles. The molecule has 31 heavy (non-hydrogen) atoms. The predicted molar refractivity (Wildman–Crippen MR) is 120 cm³/mol. The van der Waals surface area contributed by atoms with E-state index in [-0.39, 0.29) is 35.7 Å². The summed E-state index contributed by atoms with van der Waals surface area (Å²) < 4.78 is 6.32. The molecule has 0 aliphatic heterocycles. The molecule has 0 aromatic heterocycles. The second-order valence-corrected chi connectivity index (χ2v) is 7.12. The average molecular weight is 420 g/mol. The number of benzene rings is 3. The van der Waals surface area contributed by atoms with Crippen LogP contribution in [0.3, 0.4) is 0 Å². The van der Waals surface area contributed by atoms with E-state index in [0.29, 0.717) is 6.42 Å². The van der Waals surface area contributed by atoms with Crippen LogP contribution in [-0.2, 0) is 11.2 Å². The zero-order valence-electron chi connectivity index (χ0n) is 18.2. The molecule has 1 unspecified atom stereocenters. The van der Waals surface area contributed by atoms with Crippen LogP contribution in [0, 0.1) is 6.92 Å². The molecule has 0 spiro atoms. The van der Waals surface area contributed by atoms with E-state index < -0.39 is 5.97 Å². The summed E-state index contributed by atoms with van der Waals surface area (Å²) in [6.45, 7) is 4.10. The third-order valence-corrected chi connectivity index (χ3v) is 4.90. The zero-order valence-corrected chi connectivity index (χ0v) is 20.2. The van der Waals surface area contributed by atoms with E-state index in [1.807, 2.05) is 67.6 Å². The molecule has 0 radical (unpaired) electrons. The number of carboxylic acid groups (broad SMARTS) is 1. The van der Waals surface area contributed by atoms with E-state index in [4.69, 9.17) is 4.74 Å². The van der Waals surface area contributed by atoms with E-state index in [1.165, 1.54) is 0 Å². The van der Waals surface area contributed by atoms with Crippen molar-refractivity contribution < 1.29 is 44.2 Å². The Labute approximate surface area is 206 Å². The number of carbonyl (C=O) groups excluding carboxylic acids is 1. The van der Waals surface area contributed by atoms with Gasteiger partial charge in [0.2, 0.25) is 0 Å². The summed E-state index contributed by atoms with van der Waals surface area (Å²) in [6, 6.07) is 24.0. The summed E-state index contributed by atoms with van der Waals surface area (Å²) in [5.41, 5.74) is 5.13. The summed E-state index contributed by atoms with van der Waals surface area (Å²) in [7, 11) is 0. The zero-order chi connectivity index (χ0) is 21.3. The molecule has 0 saturated heterocycles. The first-order valence-electron chi connectivity index (χ1n) is 9.99. The molecule has 0 bridgehead atoms. The van der Waals surface area contributed by atoms with Crippen LogP contribution in [0.25, 0.3) is 12.2 Å². The largest absolute Gasteiger partial charge is 1.00 e. The Hall–Kier alpha value is -2.59. The summed E-state index contributed by atoms with van der Waals surface area (Å²) in [6.07, 6.45) is 7.37. The molecule has 0 aliphatic rings. The fourth-order valence-electron chi connectivity index (χ4n) is 3.29. The van der Waals surface area contributed by atoms with Crippen molar-refractivity contribution in [2.45, 2.75) is 26.4 Å². The normalized spacial score (nSPS) is 11.9. The van der Waals surface area contributed by atoms with Crippen LogP contribution in [0.15, 0.2) is 84.9 Å². The van der Waals surface area contributed by atoms with Gasteiger partial charge in [0.1, 0.15) is 11.9 Å². The van der Waals surface area contributed by atoms with Crippen molar-refractivity contribution in [2.75, 3.05) is 0 Å². The Morgan fingerprint density at radius 1 is 0.935 bits per heavy atom. The molecule has 4 heteroatoms. The van der Waals surface area contributed by atoms with Crippen molar-refractivity contribution in [1.82, 2.24) is 0 Å². The number of hydrogen-bond acceptors (Lipinski definition) is 3. The maximum absolute atomic E-state index is 10.7. The predicted octanol–water partition coefficient (Wildman–Crippen LogP) is 2.16. The molecule has 0 fully saturated rings. The average Bonchev–Trinajstić information content (AvgIpc) is 2.75. The minimum absolute atomic E-state index is 0. The van der Waals surface area contributed by atoms with Gasteiger partial charge in [-0.3, -0.25) is 0 Å². The van der Waals surface area contributed by atoms with Crippen molar-refractivity contribution in [2.24, 2.45) is 0 Å². The third kappa shape index (κ3) is 7.25. The van der Waals surface area contributed by atoms with Crippen molar-refractivity contribution in [3.05, 3.63) is 113 Å². The van der Waals surface area contributed by atoms with Gasteiger partial charge < -0.3 is 14.6 Å². The quantitative estimate of drug-likeness (QED) is 0.415. The van der Waals surface area contributed by atoms with Crippen molar-refractivity contribution in [3.63, 3.8) is 0 Å². The van der Waals surface area contributed by atoms with Gasteiger partial charge in [-0.2, -0.15) is 0 Å².